The second-order valence-electron chi connectivity index (χ2n) is 7.72. The van der Waals surface area contributed by atoms with Crippen LogP contribution >= 0.6 is 12.2 Å². The van der Waals surface area contributed by atoms with E-state index < -0.39 is 0 Å². The van der Waals surface area contributed by atoms with E-state index in [-0.39, 0.29) is 11.0 Å². The molecule has 0 spiro atoms. The fourth-order valence-electron chi connectivity index (χ4n) is 2.96. The topological polar surface area (TPSA) is 59.6 Å². The van der Waals surface area contributed by atoms with E-state index in [9.17, 15) is 4.79 Å². The van der Waals surface area contributed by atoms with Crippen LogP contribution in [0.5, 0.6) is 11.5 Å². The van der Waals surface area contributed by atoms with Crippen molar-refractivity contribution in [3.05, 3.63) is 90.0 Å². The maximum atomic E-state index is 12.7. The summed E-state index contributed by atoms with van der Waals surface area (Å²) in [6, 6.07) is 24.8. The smallest absolute Gasteiger partial charge is 0.261 e. The molecule has 1 amide bonds. The second-order valence-corrected chi connectivity index (χ2v) is 8.13. The number of carbonyl (C=O) groups is 1. The molecule has 0 heterocycles. The summed E-state index contributed by atoms with van der Waals surface area (Å²) >= 11 is 5.33. The number of benzene rings is 3. The number of hydrogen-bond donors (Lipinski definition) is 2. The summed E-state index contributed by atoms with van der Waals surface area (Å²) in [5, 5.41) is 5.96. The van der Waals surface area contributed by atoms with E-state index in [1.165, 1.54) is 5.56 Å². The largest absolute Gasteiger partial charge is 0.493 e. The highest BCUT2D eigenvalue weighted by Gasteiger charge is 2.14. The van der Waals surface area contributed by atoms with Crippen molar-refractivity contribution < 1.29 is 14.3 Å². The molecule has 2 N–H and O–H groups in total. The Labute approximate surface area is 194 Å². The van der Waals surface area contributed by atoms with Gasteiger partial charge in [-0.3, -0.25) is 10.1 Å². The van der Waals surface area contributed by atoms with E-state index in [1.807, 2.05) is 48.5 Å². The SMILES string of the molecule is CC(C)COc1ccccc1C(=O)NC(=S)Nc1cccc(OCCc2ccccc2)c1. The maximum Gasteiger partial charge on any atom is 0.261 e. The molecule has 0 bridgehead atoms. The summed E-state index contributed by atoms with van der Waals surface area (Å²) in [7, 11) is 0. The Bertz CT molecular complexity index is 1040. The van der Waals surface area contributed by atoms with Gasteiger partial charge in [0.1, 0.15) is 11.5 Å². The quantitative estimate of drug-likeness (QED) is 0.425. The lowest BCUT2D eigenvalue weighted by Gasteiger charge is -2.14. The molecule has 3 aromatic rings. The van der Waals surface area contributed by atoms with Crippen molar-refractivity contribution in [2.75, 3.05) is 18.5 Å². The van der Waals surface area contributed by atoms with Crippen molar-refractivity contribution in [3.63, 3.8) is 0 Å². The van der Waals surface area contributed by atoms with Gasteiger partial charge in [0.25, 0.3) is 5.91 Å². The molecule has 0 aliphatic rings. The van der Waals surface area contributed by atoms with Crippen LogP contribution in [0.15, 0.2) is 78.9 Å². The van der Waals surface area contributed by atoms with Gasteiger partial charge in [0.2, 0.25) is 0 Å². The molecule has 0 saturated carbocycles. The van der Waals surface area contributed by atoms with Gasteiger partial charge in [-0.25, -0.2) is 0 Å². The number of carbonyl (C=O) groups excluding carboxylic acids is 1. The molecule has 0 aliphatic carbocycles. The van der Waals surface area contributed by atoms with Crippen LogP contribution in [0.2, 0.25) is 0 Å². The van der Waals surface area contributed by atoms with Gasteiger partial charge >= 0.3 is 0 Å². The lowest BCUT2D eigenvalue weighted by molar-refractivity contribution is 0.0973. The summed E-state index contributed by atoms with van der Waals surface area (Å²) in [6.07, 6.45) is 0.825. The standard InChI is InChI=1S/C26H28N2O3S/c1-19(2)18-31-24-14-7-6-13-23(24)25(29)28-26(32)27-21-11-8-12-22(17-21)30-16-15-20-9-4-3-5-10-20/h3-14,17,19H,15-16,18H2,1-2H3,(H2,27,28,29,32). The van der Waals surface area contributed by atoms with E-state index in [2.05, 4.69) is 36.6 Å². The molecule has 0 unspecified atom stereocenters. The number of hydrogen-bond acceptors (Lipinski definition) is 4. The van der Waals surface area contributed by atoms with Gasteiger partial charge in [0, 0.05) is 18.2 Å². The highest BCUT2D eigenvalue weighted by molar-refractivity contribution is 7.80. The second kappa shape index (κ2) is 11.9. The van der Waals surface area contributed by atoms with Crippen LogP contribution in [-0.4, -0.2) is 24.2 Å². The summed E-state index contributed by atoms with van der Waals surface area (Å²) < 4.78 is 11.6. The van der Waals surface area contributed by atoms with Crippen molar-refractivity contribution in [2.24, 2.45) is 5.92 Å². The Morgan fingerprint density at radius 2 is 1.69 bits per heavy atom. The molecule has 6 heteroatoms. The summed E-state index contributed by atoms with van der Waals surface area (Å²) in [5.41, 5.74) is 2.40. The Morgan fingerprint density at radius 1 is 0.938 bits per heavy atom. The van der Waals surface area contributed by atoms with Gasteiger partial charge in [0.05, 0.1) is 18.8 Å². The van der Waals surface area contributed by atoms with Gasteiger partial charge in [-0.2, -0.15) is 0 Å². The zero-order valence-electron chi connectivity index (χ0n) is 18.3. The monoisotopic (exact) mass is 448 g/mol. The predicted octanol–water partition coefficient (Wildman–Crippen LogP) is 5.47. The number of amides is 1. The van der Waals surface area contributed by atoms with Gasteiger partial charge in [-0.15, -0.1) is 0 Å². The molecule has 0 aliphatic heterocycles. The highest BCUT2D eigenvalue weighted by Crippen LogP contribution is 2.20. The van der Waals surface area contributed by atoms with E-state index in [1.54, 1.807) is 18.2 Å². The third-order valence-electron chi connectivity index (χ3n) is 4.53. The fraction of sp³-hybridized carbons (Fsp3) is 0.231. The summed E-state index contributed by atoms with van der Waals surface area (Å²) in [5.74, 6) is 1.30. The van der Waals surface area contributed by atoms with Crippen LogP contribution in [0.1, 0.15) is 29.8 Å². The predicted molar refractivity (Wildman–Crippen MR) is 133 cm³/mol. The number of nitrogens with one attached hydrogen (secondary N) is 2. The molecule has 32 heavy (non-hydrogen) atoms. The van der Waals surface area contributed by atoms with Crippen LogP contribution in [0, 0.1) is 5.92 Å². The molecule has 3 aromatic carbocycles. The fourth-order valence-corrected chi connectivity index (χ4v) is 3.17. The van der Waals surface area contributed by atoms with Crippen molar-refractivity contribution in [3.8, 4) is 11.5 Å². The first-order valence-electron chi connectivity index (χ1n) is 10.6. The molecule has 0 atom stereocenters. The van der Waals surface area contributed by atoms with Gasteiger partial charge in [0.15, 0.2) is 5.11 Å². The van der Waals surface area contributed by atoms with Crippen LogP contribution in [-0.2, 0) is 6.42 Å². The van der Waals surface area contributed by atoms with Crippen LogP contribution in [0.25, 0.3) is 0 Å². The van der Waals surface area contributed by atoms with Crippen LogP contribution in [0.3, 0.4) is 0 Å². The Hall–Kier alpha value is -3.38. The van der Waals surface area contributed by atoms with Crippen molar-refractivity contribution in [1.82, 2.24) is 5.32 Å². The average molecular weight is 449 g/mol. The minimum atomic E-state index is -0.322. The molecule has 0 fully saturated rings. The molecule has 0 saturated heterocycles. The third-order valence-corrected chi connectivity index (χ3v) is 4.73. The first kappa shape index (κ1) is 23.3. The first-order valence-corrected chi connectivity index (χ1v) is 11.0. The van der Waals surface area contributed by atoms with Crippen LogP contribution in [0.4, 0.5) is 5.69 Å². The maximum absolute atomic E-state index is 12.7. The summed E-state index contributed by atoms with van der Waals surface area (Å²) in [6.45, 7) is 5.22. The Kier molecular flexibility index (Phi) is 8.63. The van der Waals surface area contributed by atoms with E-state index in [4.69, 9.17) is 21.7 Å². The number of rotatable bonds is 9. The zero-order chi connectivity index (χ0) is 22.8. The molecular formula is C26H28N2O3S. The van der Waals surface area contributed by atoms with Crippen molar-refractivity contribution in [1.29, 1.82) is 0 Å². The number of thiocarbonyl (C=S) groups is 1. The first-order chi connectivity index (χ1) is 15.5. The minimum absolute atomic E-state index is 0.204. The number of para-hydroxylation sites is 1. The van der Waals surface area contributed by atoms with E-state index in [0.29, 0.717) is 30.4 Å². The van der Waals surface area contributed by atoms with E-state index >= 15 is 0 Å². The molecular weight excluding hydrogens is 420 g/mol. The lowest BCUT2D eigenvalue weighted by Crippen LogP contribution is -2.34. The Balaban J connectivity index is 1.54. The minimum Gasteiger partial charge on any atom is -0.493 e. The average Bonchev–Trinajstić information content (AvgIpc) is 2.78. The molecule has 0 aromatic heterocycles. The summed E-state index contributed by atoms with van der Waals surface area (Å²) in [4.78, 5) is 12.7. The molecule has 166 valence electrons. The third kappa shape index (κ3) is 7.39. The zero-order valence-corrected chi connectivity index (χ0v) is 19.2. The molecule has 5 nitrogen and oxygen atoms in total. The Morgan fingerprint density at radius 3 is 2.47 bits per heavy atom. The highest BCUT2D eigenvalue weighted by atomic mass is 32.1. The molecule has 0 radical (unpaired) electrons. The van der Waals surface area contributed by atoms with Gasteiger partial charge < -0.3 is 14.8 Å². The molecule has 3 rings (SSSR count). The van der Waals surface area contributed by atoms with Gasteiger partial charge in [-0.05, 0) is 48.0 Å². The lowest BCUT2D eigenvalue weighted by atomic mass is 10.2. The van der Waals surface area contributed by atoms with Crippen molar-refractivity contribution in [2.45, 2.75) is 20.3 Å². The van der Waals surface area contributed by atoms with Crippen molar-refractivity contribution >= 4 is 28.9 Å². The normalized spacial score (nSPS) is 10.5. The van der Waals surface area contributed by atoms with Gasteiger partial charge in [-0.1, -0.05) is 62.4 Å². The number of anilines is 1. The van der Waals surface area contributed by atoms with Crippen LogP contribution < -0.4 is 20.1 Å². The number of ether oxygens (including phenoxy) is 2. The van der Waals surface area contributed by atoms with E-state index in [0.717, 1.165) is 17.9 Å².